The zero-order chi connectivity index (χ0) is 31.0. The van der Waals surface area contributed by atoms with Gasteiger partial charge in [-0.25, -0.2) is 9.79 Å². The molecule has 0 bridgehead atoms. The number of ether oxygens (including phenoxy) is 4. The van der Waals surface area contributed by atoms with Crippen molar-refractivity contribution in [3.8, 4) is 17.2 Å². The van der Waals surface area contributed by atoms with Gasteiger partial charge in [-0.1, -0.05) is 53.3 Å². The number of rotatable bonds is 7. The van der Waals surface area contributed by atoms with Gasteiger partial charge in [0, 0.05) is 5.02 Å². The van der Waals surface area contributed by atoms with E-state index in [2.05, 4.69) is 4.99 Å². The van der Waals surface area contributed by atoms with Crippen molar-refractivity contribution in [2.24, 2.45) is 4.99 Å². The highest BCUT2D eigenvalue weighted by molar-refractivity contribution is 7.07. The quantitative estimate of drug-likeness (QED) is 0.254. The Kier molecular flexibility index (Phi) is 7.95. The lowest BCUT2D eigenvalue weighted by atomic mass is 9.95. The number of benzene rings is 3. The molecule has 44 heavy (non-hydrogen) atoms. The molecule has 0 radical (unpaired) electrons. The Morgan fingerprint density at radius 2 is 1.82 bits per heavy atom. The SMILES string of the molecule is CCOC(=O)C1=C(C(F)(F)F)N=c2s/c(=C\c3ccc(OCc4ccc5c(c4)OCO5)cc3)c(=O)n2[C@H]1c1ccc(Cl)cc1. The molecule has 6 rings (SSSR count). The number of alkyl halides is 3. The van der Waals surface area contributed by atoms with Crippen molar-refractivity contribution in [3.63, 3.8) is 0 Å². The molecule has 0 unspecified atom stereocenters. The third-order valence-corrected chi connectivity index (χ3v) is 8.04. The third kappa shape index (κ3) is 5.82. The highest BCUT2D eigenvalue weighted by Crippen LogP contribution is 2.38. The fourth-order valence-electron chi connectivity index (χ4n) is 4.81. The normalized spacial score (nSPS) is 16.0. The Balaban J connectivity index is 1.35. The largest absolute Gasteiger partial charge is 0.489 e. The Morgan fingerprint density at radius 1 is 1.09 bits per heavy atom. The van der Waals surface area contributed by atoms with Crippen LogP contribution in [0.2, 0.25) is 5.02 Å². The average Bonchev–Trinajstić information content (AvgIpc) is 3.59. The van der Waals surface area contributed by atoms with Gasteiger partial charge in [-0.2, -0.15) is 13.2 Å². The molecule has 226 valence electrons. The number of halogens is 4. The lowest BCUT2D eigenvalue weighted by Gasteiger charge is -2.26. The van der Waals surface area contributed by atoms with E-state index >= 15 is 0 Å². The highest BCUT2D eigenvalue weighted by Gasteiger charge is 2.45. The summed E-state index contributed by atoms with van der Waals surface area (Å²) < 4.78 is 65.6. The van der Waals surface area contributed by atoms with Crippen LogP contribution in [-0.4, -0.2) is 30.1 Å². The molecule has 0 saturated carbocycles. The van der Waals surface area contributed by atoms with Gasteiger partial charge in [-0.05, 0) is 66.1 Å². The summed E-state index contributed by atoms with van der Waals surface area (Å²) >= 11 is 6.81. The molecule has 2 aliphatic heterocycles. The van der Waals surface area contributed by atoms with Gasteiger partial charge in [0.05, 0.1) is 22.8 Å². The van der Waals surface area contributed by atoms with Gasteiger partial charge in [0.2, 0.25) is 6.79 Å². The minimum Gasteiger partial charge on any atom is -0.489 e. The van der Waals surface area contributed by atoms with Crippen LogP contribution in [0.15, 0.2) is 87.8 Å². The van der Waals surface area contributed by atoms with Crippen LogP contribution in [0.5, 0.6) is 17.2 Å². The number of thiazole rings is 1. The number of carbonyl (C=O) groups excluding carboxylic acids is 1. The van der Waals surface area contributed by atoms with E-state index in [1.54, 1.807) is 30.3 Å². The predicted octanol–water partition coefficient (Wildman–Crippen LogP) is 5.30. The molecule has 0 N–H and O–H groups in total. The number of esters is 1. The molecule has 0 amide bonds. The van der Waals surface area contributed by atoms with Gasteiger partial charge in [0.15, 0.2) is 22.0 Å². The summed E-state index contributed by atoms with van der Waals surface area (Å²) in [6.07, 6.45) is -3.44. The fourth-order valence-corrected chi connectivity index (χ4v) is 5.94. The van der Waals surface area contributed by atoms with E-state index in [1.165, 1.54) is 31.2 Å². The molecule has 1 aromatic heterocycles. The first-order valence-electron chi connectivity index (χ1n) is 13.3. The number of hydrogen-bond acceptors (Lipinski definition) is 8. The Morgan fingerprint density at radius 3 is 2.52 bits per heavy atom. The van der Waals surface area contributed by atoms with Gasteiger partial charge in [0.25, 0.3) is 5.56 Å². The van der Waals surface area contributed by atoms with Crippen LogP contribution in [-0.2, 0) is 16.1 Å². The second-order valence-corrected chi connectivity index (χ2v) is 11.1. The molecule has 13 heteroatoms. The van der Waals surface area contributed by atoms with Gasteiger partial charge < -0.3 is 18.9 Å². The van der Waals surface area contributed by atoms with E-state index in [0.717, 1.165) is 21.5 Å². The average molecular weight is 643 g/mol. The van der Waals surface area contributed by atoms with Crippen LogP contribution in [0.1, 0.15) is 29.7 Å². The maximum absolute atomic E-state index is 14.3. The van der Waals surface area contributed by atoms with Crippen LogP contribution >= 0.6 is 22.9 Å². The topological polar surface area (TPSA) is 88.4 Å². The summed E-state index contributed by atoms with van der Waals surface area (Å²) in [5, 5.41) is 0.335. The van der Waals surface area contributed by atoms with Crippen LogP contribution in [0.25, 0.3) is 6.08 Å². The minimum absolute atomic E-state index is 0.128. The molecule has 8 nitrogen and oxygen atoms in total. The van der Waals surface area contributed by atoms with Crippen molar-refractivity contribution in [1.29, 1.82) is 0 Å². The number of aromatic nitrogens is 1. The number of fused-ring (bicyclic) bond motifs is 2. The summed E-state index contributed by atoms with van der Waals surface area (Å²) in [6.45, 7) is 1.77. The number of nitrogens with zero attached hydrogens (tertiary/aromatic N) is 2. The zero-order valence-corrected chi connectivity index (χ0v) is 24.5. The van der Waals surface area contributed by atoms with Crippen molar-refractivity contribution < 1.29 is 36.9 Å². The van der Waals surface area contributed by atoms with E-state index in [9.17, 15) is 22.8 Å². The Hall–Kier alpha value is -4.55. The first-order chi connectivity index (χ1) is 21.1. The van der Waals surface area contributed by atoms with E-state index < -0.39 is 35.0 Å². The maximum Gasteiger partial charge on any atom is 0.434 e. The molecule has 0 spiro atoms. The molecule has 0 aliphatic carbocycles. The van der Waals surface area contributed by atoms with Crippen LogP contribution in [0.4, 0.5) is 13.2 Å². The van der Waals surface area contributed by atoms with Crippen molar-refractivity contribution in [2.45, 2.75) is 25.7 Å². The van der Waals surface area contributed by atoms with Gasteiger partial charge in [0.1, 0.15) is 12.4 Å². The summed E-state index contributed by atoms with van der Waals surface area (Å²) in [5.74, 6) is 0.680. The summed E-state index contributed by atoms with van der Waals surface area (Å²) in [6, 6.07) is 16.8. The second kappa shape index (κ2) is 11.9. The van der Waals surface area contributed by atoms with E-state index in [-0.39, 0.29) is 34.9 Å². The van der Waals surface area contributed by atoms with Gasteiger partial charge in [-0.3, -0.25) is 9.36 Å². The van der Waals surface area contributed by atoms with E-state index in [0.29, 0.717) is 27.8 Å². The lowest BCUT2D eigenvalue weighted by Crippen LogP contribution is -2.41. The summed E-state index contributed by atoms with van der Waals surface area (Å²) in [4.78, 5) is 30.2. The molecule has 2 aliphatic rings. The molecule has 3 aromatic carbocycles. The molecule has 0 fully saturated rings. The maximum atomic E-state index is 14.3. The molecular weight excluding hydrogens is 621 g/mol. The van der Waals surface area contributed by atoms with Gasteiger partial charge in [-0.15, -0.1) is 0 Å². The van der Waals surface area contributed by atoms with E-state index in [1.807, 2.05) is 18.2 Å². The van der Waals surface area contributed by atoms with Crippen LogP contribution in [0.3, 0.4) is 0 Å². The standard InChI is InChI=1S/C31H22ClF3N2O6S/c1-2-40-29(39)25-26(19-6-8-20(32)9-7-19)37-28(38)24(44-30(37)36-27(25)31(33,34)35)14-17-3-10-21(11-4-17)41-15-18-5-12-22-23(13-18)43-16-42-22/h3-14,26H,2,15-16H2,1H3/b24-14-/t26-/m0/s1. The van der Waals surface area contributed by atoms with Crippen molar-refractivity contribution in [1.82, 2.24) is 4.57 Å². The third-order valence-electron chi connectivity index (χ3n) is 6.80. The smallest absolute Gasteiger partial charge is 0.434 e. The zero-order valence-electron chi connectivity index (χ0n) is 22.9. The summed E-state index contributed by atoms with van der Waals surface area (Å²) in [5.41, 5.74) is -1.06. The first-order valence-corrected chi connectivity index (χ1v) is 14.5. The van der Waals surface area contributed by atoms with Crippen LogP contribution in [0, 0.1) is 0 Å². The van der Waals surface area contributed by atoms with Gasteiger partial charge >= 0.3 is 12.1 Å². The Labute approximate surface area is 256 Å². The number of allylic oxidation sites excluding steroid dienone is 1. The predicted molar refractivity (Wildman–Crippen MR) is 156 cm³/mol. The van der Waals surface area contributed by atoms with Crippen molar-refractivity contribution in [2.75, 3.05) is 13.4 Å². The molecule has 0 saturated heterocycles. The molecule has 1 atom stereocenters. The van der Waals surface area contributed by atoms with Crippen molar-refractivity contribution in [3.05, 3.63) is 119 Å². The molecular formula is C31H22ClF3N2O6S. The fraction of sp³-hybridized carbons (Fsp3) is 0.194. The second-order valence-electron chi connectivity index (χ2n) is 9.66. The van der Waals surface area contributed by atoms with Crippen LogP contribution < -0.4 is 29.1 Å². The lowest BCUT2D eigenvalue weighted by molar-refractivity contribution is -0.140. The highest BCUT2D eigenvalue weighted by atomic mass is 35.5. The monoisotopic (exact) mass is 642 g/mol. The van der Waals surface area contributed by atoms with Crippen molar-refractivity contribution >= 4 is 35.0 Å². The molecule has 3 heterocycles. The minimum atomic E-state index is -4.99. The first kappa shape index (κ1) is 29.5. The number of hydrogen-bond donors (Lipinski definition) is 0. The Bertz CT molecular complexity index is 1950. The summed E-state index contributed by atoms with van der Waals surface area (Å²) in [7, 11) is 0. The van der Waals surface area contributed by atoms with E-state index in [4.69, 9.17) is 30.5 Å². The number of carbonyl (C=O) groups is 1. The molecule has 4 aromatic rings.